The average Bonchev–Trinajstić information content (AvgIpc) is 3.72. The van der Waals surface area contributed by atoms with Crippen LogP contribution in [0.15, 0.2) is 194 Å². The summed E-state index contributed by atoms with van der Waals surface area (Å²) in [5, 5.41) is 30.2. The summed E-state index contributed by atoms with van der Waals surface area (Å²) in [5.74, 6) is 1.17. The number of benzene rings is 9. The van der Waals surface area contributed by atoms with Crippen LogP contribution in [-0.4, -0.2) is 29.7 Å². The van der Waals surface area contributed by atoms with E-state index in [0.717, 1.165) is 105 Å². The Morgan fingerprint density at radius 1 is 0.377 bits per heavy atom. The van der Waals surface area contributed by atoms with Gasteiger partial charge in [0.15, 0.2) is 0 Å². The lowest BCUT2D eigenvalue weighted by molar-refractivity contribution is 0.480. The summed E-state index contributed by atoms with van der Waals surface area (Å²) in [7, 11) is 0. The van der Waals surface area contributed by atoms with E-state index in [1.807, 2.05) is 48.5 Å². The molecule has 0 aliphatic carbocycles. The second-order valence-corrected chi connectivity index (χ2v) is 15.4. The lowest BCUT2D eigenvalue weighted by Crippen LogP contribution is -1.97. The van der Waals surface area contributed by atoms with Gasteiger partial charge in [-0.1, -0.05) is 121 Å². The Hall–Kier alpha value is -8.35. The number of phenols is 2. The number of phenolic OH excluding ortho intramolecular Hbond substituents is 2. The van der Waals surface area contributed by atoms with Crippen LogP contribution in [0, 0.1) is 0 Å². The number of para-hydroxylation sites is 3. The third kappa shape index (κ3) is 5.32. The van der Waals surface area contributed by atoms with Crippen molar-refractivity contribution in [3.05, 3.63) is 194 Å². The van der Waals surface area contributed by atoms with Gasteiger partial charge in [-0.05, 0) is 126 Å². The number of imidazole rings is 1. The molecule has 2 N–H and O–H groups in total. The van der Waals surface area contributed by atoms with Gasteiger partial charge in [-0.3, -0.25) is 14.5 Å². The zero-order chi connectivity index (χ0) is 40.6. The van der Waals surface area contributed by atoms with Gasteiger partial charge in [0, 0.05) is 34.4 Å². The summed E-state index contributed by atoms with van der Waals surface area (Å²) in [6.07, 6.45) is 3.44. The molecule has 3 aromatic heterocycles. The fraction of sp³-hybridized carbons (Fsp3) is 0. The number of nitrogens with zero attached hydrogens (tertiary/aromatic N) is 4. The van der Waals surface area contributed by atoms with Crippen LogP contribution < -0.4 is 0 Å². The lowest BCUT2D eigenvalue weighted by Gasteiger charge is -2.21. The zero-order valence-corrected chi connectivity index (χ0v) is 32.7. The number of aromatic hydroxyl groups is 2. The molecule has 0 radical (unpaired) electrons. The molecule has 12 rings (SSSR count). The van der Waals surface area contributed by atoms with Gasteiger partial charge in [-0.25, -0.2) is 4.98 Å². The van der Waals surface area contributed by atoms with Crippen LogP contribution in [-0.2, 0) is 0 Å². The van der Waals surface area contributed by atoms with Crippen molar-refractivity contribution < 1.29 is 10.2 Å². The minimum Gasteiger partial charge on any atom is -0.506 e. The van der Waals surface area contributed by atoms with Gasteiger partial charge in [-0.2, -0.15) is 0 Å². The molecular weight excluding hydrogens is 749 g/mol. The molecule has 0 amide bonds. The Balaban J connectivity index is 1.14. The van der Waals surface area contributed by atoms with E-state index in [1.54, 1.807) is 24.5 Å². The van der Waals surface area contributed by atoms with Crippen LogP contribution >= 0.6 is 0 Å². The van der Waals surface area contributed by atoms with Gasteiger partial charge in [0.1, 0.15) is 28.4 Å². The highest BCUT2D eigenvalue weighted by molar-refractivity contribution is 6.31. The molecule has 0 atom stereocenters. The number of hydrogen-bond donors (Lipinski definition) is 2. The van der Waals surface area contributed by atoms with Crippen LogP contribution in [0.2, 0.25) is 0 Å². The molecule has 6 nitrogen and oxygen atoms in total. The zero-order valence-electron chi connectivity index (χ0n) is 32.7. The monoisotopic (exact) mass is 782 g/mol. The Bertz CT molecular complexity index is 3730. The molecule has 0 bridgehead atoms. The minimum absolute atomic E-state index is 0.141. The van der Waals surface area contributed by atoms with Gasteiger partial charge in [0.25, 0.3) is 0 Å². The number of hydrogen-bond acceptors (Lipinski definition) is 5. The van der Waals surface area contributed by atoms with Gasteiger partial charge in [0.2, 0.25) is 0 Å². The van der Waals surface area contributed by atoms with E-state index < -0.39 is 0 Å². The van der Waals surface area contributed by atoms with E-state index >= 15 is 0 Å². The summed E-state index contributed by atoms with van der Waals surface area (Å²) >= 11 is 0. The predicted molar refractivity (Wildman–Crippen MR) is 249 cm³/mol. The van der Waals surface area contributed by atoms with Crippen molar-refractivity contribution in [2.24, 2.45) is 0 Å². The van der Waals surface area contributed by atoms with E-state index in [4.69, 9.17) is 4.98 Å². The number of pyridine rings is 2. The van der Waals surface area contributed by atoms with Crippen LogP contribution in [0.25, 0.3) is 116 Å². The number of fused-ring (bicyclic) bond motifs is 7. The highest BCUT2D eigenvalue weighted by atomic mass is 16.3. The maximum absolute atomic E-state index is 11.0. The van der Waals surface area contributed by atoms with E-state index in [-0.39, 0.29) is 11.5 Å². The third-order valence-electron chi connectivity index (χ3n) is 12.1. The summed E-state index contributed by atoms with van der Waals surface area (Å²) in [4.78, 5) is 14.3. The lowest BCUT2D eigenvalue weighted by atomic mass is 9.82. The predicted octanol–water partition coefficient (Wildman–Crippen LogP) is 13.7. The van der Waals surface area contributed by atoms with Crippen molar-refractivity contribution >= 4 is 65.2 Å². The average molecular weight is 783 g/mol. The molecule has 0 spiro atoms. The van der Waals surface area contributed by atoms with Crippen LogP contribution in [0.5, 0.6) is 11.5 Å². The van der Waals surface area contributed by atoms with Gasteiger partial charge >= 0.3 is 0 Å². The third-order valence-corrected chi connectivity index (χ3v) is 12.1. The first kappa shape index (κ1) is 34.7. The number of aromatic nitrogens is 4. The quantitative estimate of drug-likeness (QED) is 0.134. The van der Waals surface area contributed by atoms with Crippen LogP contribution in [0.4, 0.5) is 0 Å². The van der Waals surface area contributed by atoms with Crippen molar-refractivity contribution in [2.45, 2.75) is 0 Å². The molecule has 9 aromatic carbocycles. The molecule has 0 aliphatic rings. The summed E-state index contributed by atoms with van der Waals surface area (Å²) in [6.45, 7) is 0. The normalized spacial score (nSPS) is 11.7. The second-order valence-electron chi connectivity index (χ2n) is 15.4. The molecule has 286 valence electrons. The van der Waals surface area contributed by atoms with Crippen LogP contribution in [0.3, 0.4) is 0 Å². The Morgan fingerprint density at radius 2 is 0.951 bits per heavy atom. The topological polar surface area (TPSA) is 84.1 Å². The van der Waals surface area contributed by atoms with Gasteiger partial charge in [0.05, 0.1) is 11.0 Å². The maximum Gasteiger partial charge on any atom is 0.145 e. The largest absolute Gasteiger partial charge is 0.506 e. The Morgan fingerprint density at radius 3 is 1.67 bits per heavy atom. The smallest absolute Gasteiger partial charge is 0.145 e. The van der Waals surface area contributed by atoms with Gasteiger partial charge < -0.3 is 10.2 Å². The van der Waals surface area contributed by atoms with Crippen LogP contribution in [0.1, 0.15) is 0 Å². The fourth-order valence-electron chi connectivity index (χ4n) is 9.46. The molecule has 12 aromatic rings. The molecule has 0 saturated heterocycles. The van der Waals surface area contributed by atoms with E-state index in [2.05, 4.69) is 136 Å². The van der Waals surface area contributed by atoms with Crippen molar-refractivity contribution in [3.63, 3.8) is 0 Å². The van der Waals surface area contributed by atoms with Crippen molar-refractivity contribution in [1.29, 1.82) is 0 Å². The van der Waals surface area contributed by atoms with Crippen molar-refractivity contribution in [1.82, 2.24) is 19.5 Å². The summed E-state index contributed by atoms with van der Waals surface area (Å²) in [6, 6.07) is 62.4. The first-order valence-electron chi connectivity index (χ1n) is 20.3. The minimum atomic E-state index is 0.141. The van der Waals surface area contributed by atoms with E-state index in [9.17, 15) is 10.2 Å². The van der Waals surface area contributed by atoms with E-state index in [1.165, 1.54) is 0 Å². The summed E-state index contributed by atoms with van der Waals surface area (Å²) in [5.41, 5.74) is 11.5. The molecule has 0 aliphatic heterocycles. The van der Waals surface area contributed by atoms with Gasteiger partial charge in [-0.15, -0.1) is 0 Å². The highest BCUT2D eigenvalue weighted by Crippen LogP contribution is 2.50. The first-order chi connectivity index (χ1) is 30.1. The summed E-state index contributed by atoms with van der Waals surface area (Å²) < 4.78 is 2.23. The molecule has 6 heteroatoms. The van der Waals surface area contributed by atoms with Crippen molar-refractivity contribution in [3.8, 4) is 62.0 Å². The SMILES string of the molecule is Oc1ccc(-c2c3ccccc3c(-c3ccc(O)c4ncccc34)c3c2ccc2c(-c4ccc(-c5nc6ccccc6n5-c5ccccc5)cc4)cccc23)c2cccnc12. The molecule has 61 heavy (non-hydrogen) atoms. The Labute approximate surface area is 349 Å². The number of rotatable bonds is 5. The standard InChI is InChI=1S/C55H34N4O2/c60-48-29-27-41(43-17-9-31-56-53(43)48)50-39-13-4-5-14-40(39)51(42-28-30-49(61)54-44(42)18-10-32-57-54)52-38-16-8-15-36(37(38)25-26-45(50)52)33-21-23-34(24-22-33)55-58-46-19-6-7-20-47(46)59(55)35-11-2-1-3-12-35/h1-32,60-61H. The van der Waals surface area contributed by atoms with Crippen molar-refractivity contribution in [2.75, 3.05) is 0 Å². The first-order valence-corrected chi connectivity index (χ1v) is 20.3. The molecule has 0 saturated carbocycles. The van der Waals surface area contributed by atoms with E-state index in [0.29, 0.717) is 11.0 Å². The second kappa shape index (κ2) is 13.6. The molecule has 3 heterocycles. The maximum atomic E-state index is 11.0. The Kier molecular flexibility index (Phi) is 7.74. The molecular formula is C55H34N4O2. The molecule has 0 fully saturated rings. The molecule has 0 unspecified atom stereocenters. The highest BCUT2D eigenvalue weighted by Gasteiger charge is 2.23. The fourth-order valence-corrected chi connectivity index (χ4v) is 9.46.